The number of alkyl halides is 2. The van der Waals surface area contributed by atoms with Crippen LogP contribution in [0.15, 0.2) is 0 Å². The Morgan fingerprint density at radius 3 is 1.87 bits per heavy atom. The third-order valence-corrected chi connectivity index (χ3v) is 6.85. The van der Waals surface area contributed by atoms with Gasteiger partial charge in [0.05, 0.1) is 0 Å². The van der Waals surface area contributed by atoms with Crippen LogP contribution >= 0.6 is 31.9 Å². The molecule has 4 atom stereocenters. The molecule has 1 aromatic rings. The first-order valence-corrected chi connectivity index (χ1v) is 6.75. The minimum absolute atomic E-state index is 0.221. The van der Waals surface area contributed by atoms with E-state index in [2.05, 4.69) is 31.9 Å². The first-order valence-electron chi connectivity index (χ1n) is 4.92. The summed E-state index contributed by atoms with van der Waals surface area (Å²) in [5.41, 5.74) is 1.88. The number of halogens is 2. The molecule has 1 aromatic heterocycles. The highest BCUT2D eigenvalue weighted by Gasteiger charge is 2.53. The van der Waals surface area contributed by atoms with Crippen LogP contribution in [0.5, 0.6) is 11.8 Å². The van der Waals surface area contributed by atoms with Crippen LogP contribution in [0.3, 0.4) is 0 Å². The zero-order valence-electron chi connectivity index (χ0n) is 8.11. The average molecular weight is 337 g/mol. The van der Waals surface area contributed by atoms with Crippen molar-refractivity contribution in [1.29, 1.82) is 0 Å². The lowest BCUT2D eigenvalue weighted by Crippen LogP contribution is -2.20. The van der Waals surface area contributed by atoms with E-state index in [-0.39, 0.29) is 11.8 Å². The zero-order valence-corrected chi connectivity index (χ0v) is 11.3. The summed E-state index contributed by atoms with van der Waals surface area (Å²) in [6, 6.07) is 0. The fraction of sp³-hybridized carbons (Fsp3) is 0.600. The summed E-state index contributed by atoms with van der Waals surface area (Å²) in [5, 5.41) is 19.9. The van der Waals surface area contributed by atoms with Crippen molar-refractivity contribution in [2.45, 2.75) is 27.9 Å². The number of hydrogen-bond donors (Lipinski definition) is 2. The minimum Gasteiger partial charge on any atom is -0.494 e. The summed E-state index contributed by atoms with van der Waals surface area (Å²) in [4.78, 5) is 0.699. The van der Waals surface area contributed by atoms with Gasteiger partial charge in [0.2, 0.25) is 0 Å². The largest absolute Gasteiger partial charge is 0.494 e. The van der Waals surface area contributed by atoms with Crippen LogP contribution in [0.25, 0.3) is 0 Å². The zero-order chi connectivity index (χ0) is 10.9. The Bertz CT molecular complexity index is 406. The molecule has 0 saturated heterocycles. The molecule has 2 aliphatic rings. The lowest BCUT2D eigenvalue weighted by Gasteiger charge is -2.22. The van der Waals surface area contributed by atoms with E-state index in [1.165, 1.54) is 4.57 Å². The summed E-state index contributed by atoms with van der Waals surface area (Å²) in [6.07, 6.45) is 1.01. The fourth-order valence-electron chi connectivity index (χ4n) is 2.97. The number of hydrogen-bond acceptors (Lipinski definition) is 2. The lowest BCUT2D eigenvalue weighted by molar-refractivity contribution is 0.379. The molecule has 0 aromatic carbocycles. The summed E-state index contributed by atoms with van der Waals surface area (Å²) in [5.74, 6) is 1.08. The molecule has 1 saturated carbocycles. The van der Waals surface area contributed by atoms with Crippen molar-refractivity contribution >= 4 is 31.9 Å². The first kappa shape index (κ1) is 10.0. The van der Waals surface area contributed by atoms with Gasteiger partial charge in [0.25, 0.3) is 0 Å². The van der Waals surface area contributed by atoms with Gasteiger partial charge in [-0.05, 0) is 6.42 Å². The maximum Gasteiger partial charge on any atom is 0.197 e. The second-order valence-electron chi connectivity index (χ2n) is 4.37. The van der Waals surface area contributed by atoms with Gasteiger partial charge in [-0.15, -0.1) is 0 Å². The van der Waals surface area contributed by atoms with Crippen molar-refractivity contribution in [3.8, 4) is 11.8 Å². The molecule has 0 amide bonds. The van der Waals surface area contributed by atoms with Crippen LogP contribution in [0.2, 0.25) is 0 Å². The van der Waals surface area contributed by atoms with Crippen LogP contribution < -0.4 is 0 Å². The van der Waals surface area contributed by atoms with E-state index in [4.69, 9.17) is 0 Å². The van der Waals surface area contributed by atoms with Crippen molar-refractivity contribution in [3.63, 3.8) is 0 Å². The van der Waals surface area contributed by atoms with E-state index in [0.29, 0.717) is 21.5 Å². The molecule has 5 heteroatoms. The maximum absolute atomic E-state index is 9.93. The van der Waals surface area contributed by atoms with Gasteiger partial charge in [-0.1, -0.05) is 31.9 Å². The topological polar surface area (TPSA) is 45.4 Å². The average Bonchev–Trinajstić information content (AvgIpc) is 2.79. The predicted molar refractivity (Wildman–Crippen MR) is 64.3 cm³/mol. The minimum atomic E-state index is 0.221. The van der Waals surface area contributed by atoms with E-state index >= 15 is 0 Å². The van der Waals surface area contributed by atoms with Crippen LogP contribution in [0.1, 0.15) is 29.4 Å². The second-order valence-corrected chi connectivity index (χ2v) is 6.49. The third kappa shape index (κ3) is 1.01. The third-order valence-electron chi connectivity index (χ3n) is 3.73. The molecule has 2 N–H and O–H groups in total. The number of nitrogens with zero attached hydrogens (tertiary/aromatic N) is 1. The smallest absolute Gasteiger partial charge is 0.197 e. The Kier molecular flexibility index (Phi) is 1.97. The number of fused-ring (bicyclic) bond motifs is 5. The number of aromatic hydroxyl groups is 2. The summed E-state index contributed by atoms with van der Waals surface area (Å²) < 4.78 is 1.47. The summed E-state index contributed by atoms with van der Waals surface area (Å²) >= 11 is 7.30. The molecule has 1 heterocycles. The molecule has 3 rings (SSSR count). The summed E-state index contributed by atoms with van der Waals surface area (Å²) in [7, 11) is 1.69. The highest BCUT2D eigenvalue weighted by molar-refractivity contribution is 9.12. The SMILES string of the molecule is Cn1c(O)c2c(c1O)C1CC2C(Br)C1Br. The monoisotopic (exact) mass is 335 g/mol. The Morgan fingerprint density at radius 2 is 1.47 bits per heavy atom. The number of aromatic nitrogens is 1. The van der Waals surface area contributed by atoms with Crippen molar-refractivity contribution in [3.05, 3.63) is 11.1 Å². The molecule has 2 aliphatic carbocycles. The van der Waals surface area contributed by atoms with Gasteiger partial charge in [0.15, 0.2) is 11.8 Å². The predicted octanol–water partition coefficient (Wildman–Crippen LogP) is 2.55. The van der Waals surface area contributed by atoms with Gasteiger partial charge >= 0.3 is 0 Å². The molecule has 4 unspecified atom stereocenters. The van der Waals surface area contributed by atoms with Crippen LogP contribution in [0.4, 0.5) is 0 Å². The molecular weight excluding hydrogens is 326 g/mol. The Morgan fingerprint density at radius 1 is 1.07 bits per heavy atom. The Balaban J connectivity index is 2.25. The molecule has 0 spiro atoms. The second kappa shape index (κ2) is 2.94. The number of rotatable bonds is 0. The van der Waals surface area contributed by atoms with E-state index in [1.807, 2.05) is 0 Å². The van der Waals surface area contributed by atoms with Gasteiger partial charge < -0.3 is 10.2 Å². The van der Waals surface area contributed by atoms with E-state index in [9.17, 15) is 10.2 Å². The van der Waals surface area contributed by atoms with Crippen molar-refractivity contribution in [2.75, 3.05) is 0 Å². The first-order chi connectivity index (χ1) is 7.04. The molecule has 0 radical (unpaired) electrons. The molecule has 15 heavy (non-hydrogen) atoms. The normalized spacial score (nSPS) is 37.3. The Hall–Kier alpha value is -0.160. The molecule has 82 valence electrons. The van der Waals surface area contributed by atoms with Crippen LogP contribution in [0, 0.1) is 0 Å². The van der Waals surface area contributed by atoms with Gasteiger partial charge in [-0.25, -0.2) is 0 Å². The maximum atomic E-state index is 9.93. The van der Waals surface area contributed by atoms with Gasteiger partial charge in [-0.3, -0.25) is 4.57 Å². The molecule has 0 aliphatic heterocycles. The molecule has 1 fully saturated rings. The van der Waals surface area contributed by atoms with Crippen molar-refractivity contribution < 1.29 is 10.2 Å². The molecule has 3 nitrogen and oxygen atoms in total. The summed E-state index contributed by atoms with van der Waals surface area (Å²) in [6.45, 7) is 0. The fourth-order valence-corrected chi connectivity index (χ4v) is 4.66. The van der Waals surface area contributed by atoms with Gasteiger partial charge in [-0.2, -0.15) is 0 Å². The van der Waals surface area contributed by atoms with E-state index < -0.39 is 0 Å². The van der Waals surface area contributed by atoms with Gasteiger partial charge in [0, 0.05) is 39.7 Å². The highest BCUT2D eigenvalue weighted by Crippen LogP contribution is 2.63. The van der Waals surface area contributed by atoms with Crippen LogP contribution in [-0.4, -0.2) is 24.4 Å². The lowest BCUT2D eigenvalue weighted by atomic mass is 9.95. The standard InChI is InChI=1S/C10H11Br2NO2/c1-13-9(14)5-3-2-4(6(5)10(13)15)8(12)7(3)11/h3-4,7-8,14-15H,2H2,1H3. The van der Waals surface area contributed by atoms with Gasteiger partial charge in [0.1, 0.15) is 0 Å². The molecular formula is C10H11Br2NO2. The van der Waals surface area contributed by atoms with Crippen molar-refractivity contribution in [2.24, 2.45) is 7.05 Å². The van der Waals surface area contributed by atoms with Crippen molar-refractivity contribution in [1.82, 2.24) is 4.57 Å². The molecule has 2 bridgehead atoms. The van der Waals surface area contributed by atoms with E-state index in [0.717, 1.165) is 17.5 Å². The van der Waals surface area contributed by atoms with Crippen LogP contribution in [-0.2, 0) is 7.05 Å². The highest BCUT2D eigenvalue weighted by atomic mass is 79.9. The Labute approximate surface area is 104 Å². The quantitative estimate of drug-likeness (QED) is 0.715. The van der Waals surface area contributed by atoms with E-state index in [1.54, 1.807) is 7.05 Å².